The van der Waals surface area contributed by atoms with Gasteiger partial charge >= 0.3 is 0 Å². The molecule has 0 saturated heterocycles. The maximum Gasteiger partial charge on any atom is 0.251 e. The summed E-state index contributed by atoms with van der Waals surface area (Å²) < 4.78 is 5.97. The average molecular weight is 269 g/mol. The first-order valence-corrected chi connectivity index (χ1v) is 7.79. The van der Waals surface area contributed by atoms with Crippen molar-refractivity contribution in [1.29, 1.82) is 0 Å². The monoisotopic (exact) mass is 269 g/mol. The van der Waals surface area contributed by atoms with Crippen LogP contribution in [0.25, 0.3) is 0 Å². The second-order valence-electron chi connectivity index (χ2n) is 5.88. The first-order valence-electron chi connectivity index (χ1n) is 7.79. The van der Waals surface area contributed by atoms with Gasteiger partial charge in [0.25, 0.3) is 5.91 Å². The van der Waals surface area contributed by atoms with E-state index in [1.165, 1.54) is 25.7 Å². The van der Waals surface area contributed by atoms with Gasteiger partial charge in [-0.05, 0) is 32.6 Å². The second-order valence-corrected chi connectivity index (χ2v) is 5.88. The fourth-order valence-electron chi connectivity index (χ4n) is 2.93. The molecule has 1 unspecified atom stereocenters. The summed E-state index contributed by atoms with van der Waals surface area (Å²) in [5.74, 6) is 0.0563. The minimum absolute atomic E-state index is 0.0401. The molecule has 1 amide bonds. The predicted molar refractivity (Wildman–Crippen MR) is 73.9 cm³/mol. The lowest BCUT2D eigenvalue weighted by Gasteiger charge is -2.27. The van der Waals surface area contributed by atoms with Crippen LogP contribution >= 0.6 is 0 Å². The van der Waals surface area contributed by atoms with Crippen molar-refractivity contribution < 1.29 is 14.6 Å². The van der Waals surface area contributed by atoms with E-state index in [4.69, 9.17) is 9.84 Å². The molecule has 0 aromatic carbocycles. The molecule has 0 aliphatic heterocycles. The SMILES string of the molecule is CC(OC1CCCCCC1)C(=O)N(CCO)C1CC1. The Kier molecular flexibility index (Phi) is 5.64. The Morgan fingerprint density at radius 2 is 1.84 bits per heavy atom. The van der Waals surface area contributed by atoms with Crippen LogP contribution in [0.4, 0.5) is 0 Å². The van der Waals surface area contributed by atoms with Crippen molar-refractivity contribution in [2.24, 2.45) is 0 Å². The van der Waals surface area contributed by atoms with Crippen molar-refractivity contribution in [3.05, 3.63) is 0 Å². The zero-order valence-electron chi connectivity index (χ0n) is 12.0. The summed E-state index contributed by atoms with van der Waals surface area (Å²) >= 11 is 0. The number of aliphatic hydroxyl groups is 1. The van der Waals surface area contributed by atoms with Crippen LogP contribution < -0.4 is 0 Å². The number of hydrogen-bond acceptors (Lipinski definition) is 3. The Balaban J connectivity index is 1.82. The molecule has 0 aromatic heterocycles. The maximum absolute atomic E-state index is 12.4. The molecule has 2 rings (SSSR count). The predicted octanol–water partition coefficient (Wildman–Crippen LogP) is 2.10. The van der Waals surface area contributed by atoms with E-state index < -0.39 is 0 Å². The molecule has 2 aliphatic rings. The molecular formula is C15H27NO3. The average Bonchev–Trinajstić information content (AvgIpc) is 3.22. The molecule has 110 valence electrons. The van der Waals surface area contributed by atoms with E-state index in [9.17, 15) is 4.79 Å². The number of ether oxygens (including phenoxy) is 1. The molecule has 1 N–H and O–H groups in total. The Labute approximate surface area is 116 Å². The number of hydrogen-bond donors (Lipinski definition) is 1. The summed E-state index contributed by atoms with van der Waals surface area (Å²) in [6.07, 6.45) is 9.21. The second kappa shape index (κ2) is 7.25. The van der Waals surface area contributed by atoms with Gasteiger partial charge in [-0.15, -0.1) is 0 Å². The van der Waals surface area contributed by atoms with Gasteiger partial charge in [-0.25, -0.2) is 0 Å². The number of carbonyl (C=O) groups is 1. The third-order valence-electron chi connectivity index (χ3n) is 4.16. The number of nitrogens with zero attached hydrogens (tertiary/aromatic N) is 1. The van der Waals surface area contributed by atoms with Gasteiger partial charge < -0.3 is 14.7 Å². The van der Waals surface area contributed by atoms with Gasteiger partial charge in [-0.1, -0.05) is 25.7 Å². The Hall–Kier alpha value is -0.610. The molecule has 0 bridgehead atoms. The van der Waals surface area contributed by atoms with Crippen LogP contribution in [0.1, 0.15) is 58.3 Å². The van der Waals surface area contributed by atoms with E-state index in [0.717, 1.165) is 25.7 Å². The highest BCUT2D eigenvalue weighted by atomic mass is 16.5. The molecule has 2 saturated carbocycles. The van der Waals surface area contributed by atoms with E-state index in [1.807, 2.05) is 6.92 Å². The summed E-state index contributed by atoms with van der Waals surface area (Å²) in [5, 5.41) is 9.07. The first kappa shape index (κ1) is 14.8. The van der Waals surface area contributed by atoms with Crippen molar-refractivity contribution in [3.63, 3.8) is 0 Å². The lowest BCUT2D eigenvalue weighted by atomic mass is 10.1. The van der Waals surface area contributed by atoms with Crippen LogP contribution in [-0.4, -0.2) is 47.3 Å². The third kappa shape index (κ3) is 4.46. The Bertz CT molecular complexity index is 283. The zero-order valence-corrected chi connectivity index (χ0v) is 12.0. The summed E-state index contributed by atoms with van der Waals surface area (Å²) in [4.78, 5) is 14.2. The molecule has 4 heteroatoms. The van der Waals surface area contributed by atoms with Crippen LogP contribution in [0.15, 0.2) is 0 Å². The van der Waals surface area contributed by atoms with Crippen molar-refractivity contribution in [2.75, 3.05) is 13.2 Å². The van der Waals surface area contributed by atoms with E-state index >= 15 is 0 Å². The van der Waals surface area contributed by atoms with Crippen LogP contribution in [0, 0.1) is 0 Å². The van der Waals surface area contributed by atoms with Crippen molar-refractivity contribution in [3.8, 4) is 0 Å². The van der Waals surface area contributed by atoms with Crippen molar-refractivity contribution in [2.45, 2.75) is 76.5 Å². The maximum atomic E-state index is 12.4. The summed E-state index contributed by atoms with van der Waals surface area (Å²) in [6, 6.07) is 0.347. The molecule has 0 spiro atoms. The molecule has 4 nitrogen and oxygen atoms in total. The number of amides is 1. The quantitative estimate of drug-likeness (QED) is 0.751. The van der Waals surface area contributed by atoms with E-state index in [-0.39, 0.29) is 24.7 Å². The minimum Gasteiger partial charge on any atom is -0.395 e. The highest BCUT2D eigenvalue weighted by Gasteiger charge is 2.35. The van der Waals surface area contributed by atoms with E-state index in [0.29, 0.717) is 12.6 Å². The minimum atomic E-state index is -0.366. The summed E-state index contributed by atoms with van der Waals surface area (Å²) in [6.45, 7) is 2.35. The number of aliphatic hydroxyl groups excluding tert-OH is 1. The van der Waals surface area contributed by atoms with Gasteiger partial charge in [0, 0.05) is 12.6 Å². The molecule has 2 aliphatic carbocycles. The number of carbonyl (C=O) groups excluding carboxylic acids is 1. The van der Waals surface area contributed by atoms with Crippen LogP contribution in [0.3, 0.4) is 0 Å². The lowest BCUT2D eigenvalue weighted by molar-refractivity contribution is -0.147. The molecule has 0 aromatic rings. The van der Waals surface area contributed by atoms with Gasteiger partial charge in [0.15, 0.2) is 0 Å². The largest absolute Gasteiger partial charge is 0.395 e. The molecule has 2 fully saturated rings. The van der Waals surface area contributed by atoms with E-state index in [2.05, 4.69) is 0 Å². The van der Waals surface area contributed by atoms with Crippen molar-refractivity contribution >= 4 is 5.91 Å². The van der Waals surface area contributed by atoms with Gasteiger partial charge in [-0.2, -0.15) is 0 Å². The number of rotatable bonds is 6. The van der Waals surface area contributed by atoms with Crippen LogP contribution in [0.5, 0.6) is 0 Å². The lowest BCUT2D eigenvalue weighted by Crippen LogP contribution is -2.43. The Morgan fingerprint density at radius 3 is 2.37 bits per heavy atom. The summed E-state index contributed by atoms with van der Waals surface area (Å²) in [7, 11) is 0. The van der Waals surface area contributed by atoms with Crippen molar-refractivity contribution in [1.82, 2.24) is 4.90 Å². The highest BCUT2D eigenvalue weighted by Crippen LogP contribution is 2.28. The molecular weight excluding hydrogens is 242 g/mol. The molecule has 0 heterocycles. The van der Waals surface area contributed by atoms with Gasteiger partial charge in [0.1, 0.15) is 6.10 Å². The molecule has 19 heavy (non-hydrogen) atoms. The van der Waals surface area contributed by atoms with Crippen LogP contribution in [0.2, 0.25) is 0 Å². The normalized spacial score (nSPS) is 22.8. The fraction of sp³-hybridized carbons (Fsp3) is 0.933. The summed E-state index contributed by atoms with van der Waals surface area (Å²) in [5.41, 5.74) is 0. The van der Waals surface area contributed by atoms with E-state index in [1.54, 1.807) is 4.90 Å². The van der Waals surface area contributed by atoms with Gasteiger partial charge in [-0.3, -0.25) is 4.79 Å². The smallest absolute Gasteiger partial charge is 0.251 e. The van der Waals surface area contributed by atoms with Gasteiger partial charge in [0.2, 0.25) is 0 Å². The first-order chi connectivity index (χ1) is 9.22. The van der Waals surface area contributed by atoms with Gasteiger partial charge in [0.05, 0.1) is 12.7 Å². The zero-order chi connectivity index (χ0) is 13.7. The molecule has 0 radical (unpaired) electrons. The Morgan fingerprint density at radius 1 is 1.21 bits per heavy atom. The standard InChI is InChI=1S/C15H27NO3/c1-12(19-14-6-4-2-3-5-7-14)15(18)16(10-11-17)13-8-9-13/h12-14,17H,2-11H2,1H3. The fourth-order valence-corrected chi connectivity index (χ4v) is 2.93. The molecule has 1 atom stereocenters. The third-order valence-corrected chi connectivity index (χ3v) is 4.16. The topological polar surface area (TPSA) is 49.8 Å². The highest BCUT2D eigenvalue weighted by molar-refractivity contribution is 5.81. The van der Waals surface area contributed by atoms with Crippen LogP contribution in [-0.2, 0) is 9.53 Å².